The molecule has 14 nitrogen and oxygen atoms in total. The van der Waals surface area contributed by atoms with Gasteiger partial charge in [0.2, 0.25) is 5.91 Å². The Hall–Kier alpha value is -1.27. The Morgan fingerprint density at radius 1 is 0.449 bits per heavy atom. The number of allylic oxidation sites excluding steroid dienone is 2. The number of hydrogen-bond acceptors (Lipinski definition) is 13. The van der Waals surface area contributed by atoms with E-state index in [-0.39, 0.29) is 12.5 Å². The summed E-state index contributed by atoms with van der Waals surface area (Å²) in [4.78, 5) is 13.3. The topological polar surface area (TPSA) is 228 Å². The van der Waals surface area contributed by atoms with Gasteiger partial charge in [-0.1, -0.05) is 264 Å². The molecule has 9 N–H and O–H groups in total. The van der Waals surface area contributed by atoms with Gasteiger partial charge in [0.15, 0.2) is 12.6 Å². The van der Waals surface area contributed by atoms with E-state index >= 15 is 0 Å². The molecule has 78 heavy (non-hydrogen) atoms. The maximum Gasteiger partial charge on any atom is 0.220 e. The van der Waals surface area contributed by atoms with Crippen molar-refractivity contribution in [3.63, 3.8) is 0 Å². The van der Waals surface area contributed by atoms with Gasteiger partial charge in [-0.25, -0.2) is 0 Å². The molecule has 0 aromatic rings. The fraction of sp³-hybridized carbons (Fsp3) is 0.953. The number of hydrogen-bond donors (Lipinski definition) is 9. The molecule has 0 spiro atoms. The fourth-order valence-electron chi connectivity index (χ4n) is 11.2. The summed E-state index contributed by atoms with van der Waals surface area (Å²) >= 11 is 0. The van der Waals surface area contributed by atoms with E-state index < -0.39 is 86.8 Å². The van der Waals surface area contributed by atoms with Crippen molar-refractivity contribution < 1.29 is 64.6 Å². The second kappa shape index (κ2) is 50.3. The van der Waals surface area contributed by atoms with Crippen molar-refractivity contribution in [3.05, 3.63) is 12.2 Å². The number of carbonyl (C=O) groups excluding carboxylic acids is 1. The molecule has 2 aliphatic heterocycles. The van der Waals surface area contributed by atoms with Crippen LogP contribution in [0, 0.1) is 0 Å². The molecule has 0 radical (unpaired) electrons. The molecule has 0 bridgehead atoms. The second-order valence-corrected chi connectivity index (χ2v) is 23.6. The van der Waals surface area contributed by atoms with Gasteiger partial charge in [0.05, 0.1) is 32.0 Å². The maximum atomic E-state index is 13.3. The summed E-state index contributed by atoms with van der Waals surface area (Å²) in [5, 5.41) is 87.4. The average Bonchev–Trinajstić information content (AvgIpc) is 3.48. The molecule has 12 atom stereocenters. The smallest absolute Gasteiger partial charge is 0.220 e. The summed E-state index contributed by atoms with van der Waals surface area (Å²) < 4.78 is 22.9. The van der Waals surface area contributed by atoms with Crippen LogP contribution in [0.4, 0.5) is 0 Å². The summed E-state index contributed by atoms with van der Waals surface area (Å²) in [5.41, 5.74) is 0. The van der Waals surface area contributed by atoms with Crippen LogP contribution in [0.25, 0.3) is 0 Å². The number of unbranched alkanes of at least 4 members (excludes halogenated alkanes) is 39. The molecule has 462 valence electrons. The summed E-state index contributed by atoms with van der Waals surface area (Å²) in [6, 6.07) is -0.829. The Kier molecular flexibility index (Phi) is 46.9. The Labute approximate surface area is 476 Å². The van der Waals surface area contributed by atoms with E-state index in [0.717, 1.165) is 57.8 Å². The Morgan fingerprint density at radius 2 is 0.808 bits per heavy atom. The van der Waals surface area contributed by atoms with Crippen molar-refractivity contribution in [1.29, 1.82) is 0 Å². The van der Waals surface area contributed by atoms with Crippen LogP contribution in [-0.2, 0) is 23.7 Å². The molecular formula is C64H123NO13. The number of rotatable bonds is 54. The first-order valence-corrected chi connectivity index (χ1v) is 32.9. The zero-order valence-electron chi connectivity index (χ0n) is 49.9. The highest BCUT2D eigenvalue weighted by Crippen LogP contribution is 2.30. The second-order valence-electron chi connectivity index (χ2n) is 23.6. The van der Waals surface area contributed by atoms with Crippen molar-refractivity contribution in [1.82, 2.24) is 5.32 Å². The molecule has 2 aliphatic rings. The lowest BCUT2D eigenvalue weighted by molar-refractivity contribution is -0.359. The largest absolute Gasteiger partial charge is 0.394 e. The predicted molar refractivity (Wildman–Crippen MR) is 314 cm³/mol. The van der Waals surface area contributed by atoms with Gasteiger partial charge in [-0.05, 0) is 38.5 Å². The van der Waals surface area contributed by atoms with Gasteiger partial charge >= 0.3 is 0 Å². The number of carbonyl (C=O) groups is 1. The molecule has 2 fully saturated rings. The van der Waals surface area contributed by atoms with Crippen molar-refractivity contribution in [2.45, 2.75) is 370 Å². The number of aliphatic hydroxyl groups is 8. The SMILES string of the molecule is CCCCCCCCC/C=C\CCCCCCCCCC(=O)NC(COC1OC(CO)C(OC2OC(CO)C(O)C(O)C2O)C(O)C1O)C(O)CCCCCCCCCCCCCCCCCCCCCCCCCCCC. The zero-order chi connectivity index (χ0) is 56.7. The standard InChI is InChI=1S/C64H123NO13/c1-3-5-7-9-11-13-15-17-19-21-23-24-25-26-27-28-29-30-31-33-35-37-39-41-43-45-47-53(68)52(65-56(69)48-46-44-42-40-38-36-34-32-22-20-18-16-14-12-10-8-6-4-2)51-75-63-61(74)59(72)62(55(50-67)77-63)78-64-60(73)58(71)57(70)54(49-66)76-64/h20,22,52-55,57-64,66-68,70-74H,3-19,21,23-51H2,1-2H3,(H,65,69)/b22-20-. The monoisotopic (exact) mass is 1110 g/mol. The summed E-state index contributed by atoms with van der Waals surface area (Å²) in [7, 11) is 0. The first-order chi connectivity index (χ1) is 38.1. The van der Waals surface area contributed by atoms with E-state index in [1.807, 2.05) is 0 Å². The average molecular weight is 1110 g/mol. The summed E-state index contributed by atoms with van der Waals surface area (Å²) in [6.45, 7) is 2.90. The third kappa shape index (κ3) is 35.0. The van der Waals surface area contributed by atoms with E-state index in [0.29, 0.717) is 12.8 Å². The van der Waals surface area contributed by atoms with Crippen LogP contribution in [0.1, 0.15) is 296 Å². The molecule has 0 aromatic carbocycles. The van der Waals surface area contributed by atoms with Crippen molar-refractivity contribution in [3.8, 4) is 0 Å². The van der Waals surface area contributed by atoms with E-state index in [2.05, 4.69) is 31.3 Å². The zero-order valence-corrected chi connectivity index (χ0v) is 49.9. The molecule has 14 heteroatoms. The van der Waals surface area contributed by atoms with E-state index in [1.54, 1.807) is 0 Å². The lowest BCUT2D eigenvalue weighted by Gasteiger charge is -2.46. The van der Waals surface area contributed by atoms with Crippen LogP contribution in [0.15, 0.2) is 12.2 Å². The lowest BCUT2D eigenvalue weighted by atomic mass is 9.97. The van der Waals surface area contributed by atoms with Crippen LogP contribution in [0.3, 0.4) is 0 Å². The molecule has 1 amide bonds. The Bertz CT molecular complexity index is 1360. The number of nitrogens with one attached hydrogen (secondary N) is 1. The van der Waals surface area contributed by atoms with Crippen LogP contribution < -0.4 is 5.32 Å². The van der Waals surface area contributed by atoms with E-state index in [4.69, 9.17) is 18.9 Å². The van der Waals surface area contributed by atoms with E-state index in [1.165, 1.54) is 212 Å². The lowest BCUT2D eigenvalue weighted by Crippen LogP contribution is -2.65. The van der Waals surface area contributed by atoms with Gasteiger partial charge < -0.3 is 65.1 Å². The van der Waals surface area contributed by atoms with Gasteiger partial charge in [-0.2, -0.15) is 0 Å². The first kappa shape index (κ1) is 72.8. The van der Waals surface area contributed by atoms with Crippen LogP contribution in [0.2, 0.25) is 0 Å². The third-order valence-electron chi connectivity index (χ3n) is 16.5. The van der Waals surface area contributed by atoms with Gasteiger partial charge in [0.25, 0.3) is 0 Å². The maximum absolute atomic E-state index is 13.3. The molecule has 2 heterocycles. The quantitative estimate of drug-likeness (QED) is 0.0204. The highest BCUT2D eigenvalue weighted by Gasteiger charge is 2.51. The fourth-order valence-corrected chi connectivity index (χ4v) is 11.2. The van der Waals surface area contributed by atoms with Crippen molar-refractivity contribution >= 4 is 5.91 Å². The number of aliphatic hydroxyl groups excluding tert-OH is 8. The Balaban J connectivity index is 1.69. The highest BCUT2D eigenvalue weighted by molar-refractivity contribution is 5.76. The molecule has 0 aliphatic carbocycles. The van der Waals surface area contributed by atoms with Crippen LogP contribution in [0.5, 0.6) is 0 Å². The summed E-state index contributed by atoms with van der Waals surface area (Å²) in [6.07, 6.45) is 42.2. The number of ether oxygens (including phenoxy) is 4. The van der Waals surface area contributed by atoms with Gasteiger partial charge in [0, 0.05) is 6.42 Å². The predicted octanol–water partition coefficient (Wildman–Crippen LogP) is 12.2. The molecule has 12 unspecified atom stereocenters. The number of amides is 1. The molecule has 0 aromatic heterocycles. The minimum atomic E-state index is -1.78. The van der Waals surface area contributed by atoms with Gasteiger partial charge in [0.1, 0.15) is 48.8 Å². The highest BCUT2D eigenvalue weighted by atomic mass is 16.7. The molecular weight excluding hydrogens is 991 g/mol. The normalized spacial score (nSPS) is 24.5. The van der Waals surface area contributed by atoms with Crippen molar-refractivity contribution in [2.24, 2.45) is 0 Å². The van der Waals surface area contributed by atoms with Gasteiger partial charge in [-0.15, -0.1) is 0 Å². The minimum Gasteiger partial charge on any atom is -0.394 e. The third-order valence-corrected chi connectivity index (χ3v) is 16.5. The van der Waals surface area contributed by atoms with Crippen molar-refractivity contribution in [2.75, 3.05) is 19.8 Å². The minimum absolute atomic E-state index is 0.206. The summed E-state index contributed by atoms with van der Waals surface area (Å²) in [5.74, 6) is -0.206. The van der Waals surface area contributed by atoms with Gasteiger partial charge in [-0.3, -0.25) is 4.79 Å². The first-order valence-electron chi connectivity index (χ1n) is 32.9. The molecule has 2 rings (SSSR count). The Morgan fingerprint density at radius 3 is 1.22 bits per heavy atom. The van der Waals surface area contributed by atoms with Crippen LogP contribution in [-0.4, -0.2) is 140 Å². The molecule has 0 saturated carbocycles. The van der Waals surface area contributed by atoms with E-state index in [9.17, 15) is 45.6 Å². The molecule has 2 saturated heterocycles. The van der Waals surface area contributed by atoms with Crippen LogP contribution >= 0.6 is 0 Å².